The molecule has 1 aromatic heterocycles. The van der Waals surface area contributed by atoms with Crippen LogP contribution in [0.2, 0.25) is 10.0 Å². The van der Waals surface area contributed by atoms with Gasteiger partial charge in [0.05, 0.1) is 15.8 Å². The van der Waals surface area contributed by atoms with Crippen LogP contribution in [0.25, 0.3) is 0 Å². The minimum Gasteiger partial charge on any atom is -0.486 e. The molecule has 2 aromatic carbocycles. The number of nitrogens with zero attached hydrogens (tertiary/aromatic N) is 4. The molecule has 164 valence electrons. The Morgan fingerprint density at radius 1 is 1.13 bits per heavy atom. The molecule has 1 amide bonds. The van der Waals surface area contributed by atoms with E-state index in [9.17, 15) is 4.79 Å². The van der Waals surface area contributed by atoms with Crippen LogP contribution in [0.5, 0.6) is 5.75 Å². The van der Waals surface area contributed by atoms with Crippen LogP contribution >= 0.6 is 35.0 Å². The van der Waals surface area contributed by atoms with Gasteiger partial charge in [0.1, 0.15) is 12.4 Å². The van der Waals surface area contributed by atoms with Crippen LogP contribution in [-0.4, -0.2) is 38.5 Å². The van der Waals surface area contributed by atoms with Gasteiger partial charge in [0.2, 0.25) is 11.1 Å². The van der Waals surface area contributed by atoms with E-state index in [2.05, 4.69) is 16.3 Å². The number of hydrogen-bond donors (Lipinski definition) is 1. The number of thioether (sulfide) groups is 1. The van der Waals surface area contributed by atoms with Gasteiger partial charge in [-0.2, -0.15) is 0 Å². The maximum absolute atomic E-state index is 12.5. The van der Waals surface area contributed by atoms with Gasteiger partial charge < -0.3 is 15.5 Å². The molecule has 31 heavy (non-hydrogen) atoms. The molecule has 0 aliphatic carbocycles. The standard InChI is InChI=1S/C21H23Cl2N5O2S/c1-13-6-14(2)8-16(7-13)30-11-19-25-26-21(28(19)24)31-12-20(29)27(3)10-15-4-5-17(22)18(23)9-15/h4-9H,10-12,24H2,1-3H3. The highest BCUT2D eigenvalue weighted by Crippen LogP contribution is 2.23. The zero-order valence-electron chi connectivity index (χ0n) is 17.4. The molecule has 0 saturated heterocycles. The summed E-state index contributed by atoms with van der Waals surface area (Å²) in [5.41, 5.74) is 3.12. The molecule has 0 radical (unpaired) electrons. The third kappa shape index (κ3) is 6.29. The molecule has 0 unspecified atom stereocenters. The second-order valence-corrected chi connectivity index (χ2v) is 8.92. The predicted molar refractivity (Wildman–Crippen MR) is 124 cm³/mol. The summed E-state index contributed by atoms with van der Waals surface area (Å²) in [5.74, 6) is 7.39. The second-order valence-electron chi connectivity index (χ2n) is 7.17. The first-order valence-corrected chi connectivity index (χ1v) is 11.2. The lowest BCUT2D eigenvalue weighted by molar-refractivity contribution is -0.127. The van der Waals surface area contributed by atoms with Gasteiger partial charge in [0.15, 0.2) is 5.82 Å². The van der Waals surface area contributed by atoms with E-state index in [0.29, 0.717) is 27.6 Å². The molecule has 0 bridgehead atoms. The van der Waals surface area contributed by atoms with E-state index in [1.807, 2.05) is 32.0 Å². The number of amides is 1. The number of halogens is 2. The van der Waals surface area contributed by atoms with Crippen LogP contribution in [0.4, 0.5) is 0 Å². The van der Waals surface area contributed by atoms with E-state index in [1.54, 1.807) is 24.1 Å². The Morgan fingerprint density at radius 2 is 1.84 bits per heavy atom. The Labute approximate surface area is 195 Å². The van der Waals surface area contributed by atoms with Crippen LogP contribution in [0.15, 0.2) is 41.6 Å². The van der Waals surface area contributed by atoms with Crippen molar-refractivity contribution in [1.29, 1.82) is 0 Å². The van der Waals surface area contributed by atoms with Crippen molar-refractivity contribution < 1.29 is 9.53 Å². The topological polar surface area (TPSA) is 86.3 Å². The van der Waals surface area contributed by atoms with E-state index in [1.165, 1.54) is 16.4 Å². The molecule has 2 N–H and O–H groups in total. The van der Waals surface area contributed by atoms with Crippen molar-refractivity contribution >= 4 is 40.9 Å². The number of nitrogen functional groups attached to an aromatic ring is 1. The van der Waals surface area contributed by atoms with Crippen LogP contribution in [0.1, 0.15) is 22.5 Å². The van der Waals surface area contributed by atoms with Gasteiger partial charge in [-0.3, -0.25) is 4.79 Å². The predicted octanol–water partition coefficient (Wildman–Crippen LogP) is 4.25. The van der Waals surface area contributed by atoms with E-state index < -0.39 is 0 Å². The van der Waals surface area contributed by atoms with Crippen LogP contribution in [0, 0.1) is 13.8 Å². The maximum Gasteiger partial charge on any atom is 0.233 e. The molecule has 0 saturated carbocycles. The third-order valence-electron chi connectivity index (χ3n) is 4.45. The van der Waals surface area contributed by atoms with Crippen LogP contribution < -0.4 is 10.6 Å². The van der Waals surface area contributed by atoms with Crippen molar-refractivity contribution in [3.8, 4) is 5.75 Å². The largest absolute Gasteiger partial charge is 0.486 e. The smallest absolute Gasteiger partial charge is 0.233 e. The number of rotatable bonds is 8. The minimum absolute atomic E-state index is 0.0768. The molecule has 0 spiro atoms. The molecule has 0 aliphatic rings. The molecule has 1 heterocycles. The van der Waals surface area contributed by atoms with E-state index in [-0.39, 0.29) is 18.3 Å². The number of hydrogen-bond acceptors (Lipinski definition) is 6. The summed E-state index contributed by atoms with van der Waals surface area (Å²) < 4.78 is 7.13. The van der Waals surface area contributed by atoms with Crippen LogP contribution in [0.3, 0.4) is 0 Å². The number of nitrogens with two attached hydrogens (primary N) is 1. The van der Waals surface area contributed by atoms with E-state index in [0.717, 1.165) is 22.4 Å². The first kappa shape index (κ1) is 23.2. The number of aryl methyl sites for hydroxylation is 2. The summed E-state index contributed by atoms with van der Waals surface area (Å²) in [4.78, 5) is 14.1. The van der Waals surface area contributed by atoms with Crippen molar-refractivity contribution in [3.63, 3.8) is 0 Å². The number of benzene rings is 2. The summed E-state index contributed by atoms with van der Waals surface area (Å²) >= 11 is 13.2. The molecule has 0 fully saturated rings. The lowest BCUT2D eigenvalue weighted by Crippen LogP contribution is -2.28. The zero-order valence-corrected chi connectivity index (χ0v) is 19.8. The number of carbonyl (C=O) groups is 1. The molecule has 0 atom stereocenters. The fraction of sp³-hybridized carbons (Fsp3) is 0.286. The lowest BCUT2D eigenvalue weighted by Gasteiger charge is -2.17. The van der Waals surface area contributed by atoms with Crippen LogP contribution in [-0.2, 0) is 17.9 Å². The minimum atomic E-state index is -0.0768. The van der Waals surface area contributed by atoms with E-state index in [4.69, 9.17) is 33.8 Å². The molecular formula is C21H23Cl2N5O2S. The SMILES string of the molecule is Cc1cc(C)cc(OCc2nnc(SCC(=O)N(C)Cc3ccc(Cl)c(Cl)c3)n2N)c1. The highest BCUT2D eigenvalue weighted by Gasteiger charge is 2.16. The number of ether oxygens (including phenoxy) is 1. The van der Waals surface area contributed by atoms with Gasteiger partial charge in [-0.1, -0.05) is 47.1 Å². The summed E-state index contributed by atoms with van der Waals surface area (Å²) in [7, 11) is 1.72. The molecular weight excluding hydrogens is 457 g/mol. The molecule has 0 aliphatic heterocycles. The average molecular weight is 480 g/mol. The Balaban J connectivity index is 1.53. The Bertz CT molecular complexity index is 1070. The van der Waals surface area contributed by atoms with Gasteiger partial charge >= 0.3 is 0 Å². The van der Waals surface area contributed by atoms with Crippen molar-refractivity contribution in [2.75, 3.05) is 18.6 Å². The highest BCUT2D eigenvalue weighted by atomic mass is 35.5. The molecule has 3 aromatic rings. The zero-order chi connectivity index (χ0) is 22.5. The summed E-state index contributed by atoms with van der Waals surface area (Å²) in [5, 5.41) is 9.52. The summed E-state index contributed by atoms with van der Waals surface area (Å²) in [6.45, 7) is 4.62. The maximum atomic E-state index is 12.5. The van der Waals surface area contributed by atoms with Crippen molar-refractivity contribution in [3.05, 3.63) is 69.0 Å². The van der Waals surface area contributed by atoms with Gasteiger partial charge in [0, 0.05) is 13.6 Å². The normalized spacial score (nSPS) is 10.9. The fourth-order valence-corrected chi connectivity index (χ4v) is 4.04. The first-order valence-electron chi connectivity index (χ1n) is 9.44. The highest BCUT2D eigenvalue weighted by molar-refractivity contribution is 7.99. The van der Waals surface area contributed by atoms with Crippen molar-refractivity contribution in [2.24, 2.45) is 0 Å². The quantitative estimate of drug-likeness (QED) is 0.383. The van der Waals surface area contributed by atoms with Crippen molar-refractivity contribution in [2.45, 2.75) is 32.2 Å². The lowest BCUT2D eigenvalue weighted by atomic mass is 10.1. The third-order valence-corrected chi connectivity index (χ3v) is 6.12. The van der Waals surface area contributed by atoms with Gasteiger partial charge in [0.25, 0.3) is 0 Å². The first-order chi connectivity index (χ1) is 14.7. The van der Waals surface area contributed by atoms with Gasteiger partial charge in [-0.25, -0.2) is 4.68 Å². The monoisotopic (exact) mass is 479 g/mol. The molecule has 3 rings (SSSR count). The molecule has 7 nitrogen and oxygen atoms in total. The van der Waals surface area contributed by atoms with Gasteiger partial charge in [-0.05, 0) is 54.8 Å². The Kier molecular flexibility index (Phi) is 7.69. The van der Waals surface area contributed by atoms with E-state index >= 15 is 0 Å². The van der Waals surface area contributed by atoms with Gasteiger partial charge in [-0.15, -0.1) is 10.2 Å². The number of aromatic nitrogens is 3. The second kappa shape index (κ2) is 10.3. The Hall–Kier alpha value is -2.42. The fourth-order valence-electron chi connectivity index (χ4n) is 2.90. The molecule has 10 heteroatoms. The Morgan fingerprint density at radius 3 is 2.52 bits per heavy atom. The van der Waals surface area contributed by atoms with Crippen molar-refractivity contribution in [1.82, 2.24) is 19.8 Å². The summed E-state index contributed by atoms with van der Waals surface area (Å²) in [6, 6.07) is 11.3. The number of carbonyl (C=O) groups excluding carboxylic acids is 1. The average Bonchev–Trinajstić information content (AvgIpc) is 3.06. The summed E-state index contributed by atoms with van der Waals surface area (Å²) in [6.07, 6.45) is 0.